The summed E-state index contributed by atoms with van der Waals surface area (Å²) in [5.74, 6) is 1.70. The maximum atomic E-state index is 6.22. The van der Waals surface area contributed by atoms with Gasteiger partial charge in [0.2, 0.25) is 0 Å². The third-order valence-electron chi connectivity index (χ3n) is 3.09. The van der Waals surface area contributed by atoms with Gasteiger partial charge in [-0.25, -0.2) is 0 Å². The predicted octanol–water partition coefficient (Wildman–Crippen LogP) is 3.41. The van der Waals surface area contributed by atoms with Gasteiger partial charge in [0.15, 0.2) is 10.8 Å². The van der Waals surface area contributed by atoms with Gasteiger partial charge in [-0.1, -0.05) is 48.6 Å². The minimum atomic E-state index is -0.247. The van der Waals surface area contributed by atoms with Crippen molar-refractivity contribution in [3.63, 3.8) is 0 Å². The molecule has 0 saturated heterocycles. The molecule has 1 aromatic carbocycles. The Balaban J connectivity index is 1.86. The minimum absolute atomic E-state index is 0.247. The summed E-state index contributed by atoms with van der Waals surface area (Å²) in [4.78, 5) is 0. The Bertz CT molecular complexity index is 690. The molecule has 3 rings (SSSR count). The van der Waals surface area contributed by atoms with Crippen LogP contribution in [0.3, 0.4) is 0 Å². The first-order valence-electron chi connectivity index (χ1n) is 6.51. The normalized spacial score (nSPS) is 12.5. The Morgan fingerprint density at radius 2 is 1.95 bits per heavy atom. The number of nitrogens with zero attached hydrogens (tertiary/aromatic N) is 2. The third kappa shape index (κ3) is 2.50. The van der Waals surface area contributed by atoms with Gasteiger partial charge in [-0.05, 0) is 17.7 Å². The van der Waals surface area contributed by atoms with Gasteiger partial charge in [0.25, 0.3) is 0 Å². The SMILES string of the molecule is CCc1ccc(-c2nnc(C(N)c3ccccc3)s2)o1. The smallest absolute Gasteiger partial charge is 0.183 e. The molecule has 0 amide bonds. The maximum absolute atomic E-state index is 6.22. The van der Waals surface area contributed by atoms with Crippen LogP contribution in [0.25, 0.3) is 10.8 Å². The molecule has 2 heterocycles. The van der Waals surface area contributed by atoms with Crippen molar-refractivity contribution in [2.24, 2.45) is 5.73 Å². The van der Waals surface area contributed by atoms with E-state index in [1.165, 1.54) is 11.3 Å². The molecular formula is C15H15N3OS. The van der Waals surface area contributed by atoms with E-state index in [4.69, 9.17) is 10.2 Å². The highest BCUT2D eigenvalue weighted by Crippen LogP contribution is 2.29. The molecule has 0 fully saturated rings. The second-order valence-corrected chi connectivity index (χ2v) is 5.46. The Labute approximate surface area is 121 Å². The lowest BCUT2D eigenvalue weighted by Gasteiger charge is -2.06. The number of aryl methyl sites for hydroxylation is 1. The summed E-state index contributed by atoms with van der Waals surface area (Å²) in [5.41, 5.74) is 7.25. The number of benzene rings is 1. The van der Waals surface area contributed by atoms with Gasteiger partial charge in [0.05, 0.1) is 6.04 Å². The zero-order chi connectivity index (χ0) is 13.9. The average Bonchev–Trinajstić information content (AvgIpc) is 3.16. The van der Waals surface area contributed by atoms with Crippen LogP contribution in [-0.2, 0) is 6.42 Å². The highest BCUT2D eigenvalue weighted by Gasteiger charge is 2.16. The van der Waals surface area contributed by atoms with Crippen LogP contribution in [0.1, 0.15) is 29.3 Å². The molecule has 2 aromatic heterocycles. The van der Waals surface area contributed by atoms with Gasteiger partial charge >= 0.3 is 0 Å². The fourth-order valence-electron chi connectivity index (χ4n) is 1.95. The second kappa shape index (κ2) is 5.56. The summed E-state index contributed by atoms with van der Waals surface area (Å²) in [7, 11) is 0. The number of hydrogen-bond acceptors (Lipinski definition) is 5. The van der Waals surface area contributed by atoms with E-state index >= 15 is 0 Å². The van der Waals surface area contributed by atoms with Crippen LogP contribution in [0.2, 0.25) is 0 Å². The van der Waals surface area contributed by atoms with Crippen LogP contribution < -0.4 is 5.73 Å². The summed E-state index contributed by atoms with van der Waals surface area (Å²) in [6.07, 6.45) is 0.870. The summed E-state index contributed by atoms with van der Waals surface area (Å²) in [5, 5.41) is 9.92. The Morgan fingerprint density at radius 3 is 2.65 bits per heavy atom. The van der Waals surface area contributed by atoms with Crippen LogP contribution in [0.15, 0.2) is 46.9 Å². The molecule has 0 bridgehead atoms. The molecule has 0 aliphatic heterocycles. The number of hydrogen-bond donors (Lipinski definition) is 1. The van der Waals surface area contributed by atoms with E-state index in [2.05, 4.69) is 17.1 Å². The Kier molecular flexibility index (Phi) is 3.62. The van der Waals surface area contributed by atoms with Crippen LogP contribution in [0, 0.1) is 0 Å². The molecule has 3 aromatic rings. The molecule has 0 aliphatic carbocycles. The van der Waals surface area contributed by atoms with Crippen molar-refractivity contribution >= 4 is 11.3 Å². The van der Waals surface area contributed by atoms with Crippen molar-refractivity contribution in [2.75, 3.05) is 0 Å². The van der Waals surface area contributed by atoms with E-state index < -0.39 is 0 Å². The van der Waals surface area contributed by atoms with E-state index in [9.17, 15) is 0 Å². The molecule has 0 aliphatic rings. The summed E-state index contributed by atoms with van der Waals surface area (Å²) < 4.78 is 5.68. The zero-order valence-electron chi connectivity index (χ0n) is 11.1. The molecular weight excluding hydrogens is 270 g/mol. The lowest BCUT2D eigenvalue weighted by atomic mass is 10.1. The van der Waals surface area contributed by atoms with Gasteiger partial charge < -0.3 is 10.2 Å². The quantitative estimate of drug-likeness (QED) is 0.797. The van der Waals surface area contributed by atoms with Gasteiger partial charge in [-0.2, -0.15) is 0 Å². The third-order valence-corrected chi connectivity index (χ3v) is 4.11. The van der Waals surface area contributed by atoms with Gasteiger partial charge in [0, 0.05) is 6.42 Å². The topological polar surface area (TPSA) is 64.9 Å². The summed E-state index contributed by atoms with van der Waals surface area (Å²) >= 11 is 1.47. The molecule has 4 nitrogen and oxygen atoms in total. The lowest BCUT2D eigenvalue weighted by molar-refractivity contribution is 0.528. The van der Waals surface area contributed by atoms with Crippen molar-refractivity contribution in [1.29, 1.82) is 0 Å². The van der Waals surface area contributed by atoms with E-state index in [0.717, 1.165) is 33.5 Å². The molecule has 5 heteroatoms. The number of rotatable bonds is 4. The van der Waals surface area contributed by atoms with Crippen LogP contribution in [0.5, 0.6) is 0 Å². The zero-order valence-corrected chi connectivity index (χ0v) is 11.9. The van der Waals surface area contributed by atoms with Crippen LogP contribution >= 0.6 is 11.3 Å². The molecule has 2 N–H and O–H groups in total. The van der Waals surface area contributed by atoms with E-state index in [1.54, 1.807) is 0 Å². The fraction of sp³-hybridized carbons (Fsp3) is 0.200. The monoisotopic (exact) mass is 285 g/mol. The fourth-order valence-corrected chi connectivity index (χ4v) is 2.78. The van der Waals surface area contributed by atoms with Gasteiger partial charge in [0.1, 0.15) is 10.8 Å². The average molecular weight is 285 g/mol. The van der Waals surface area contributed by atoms with Crippen molar-refractivity contribution in [3.05, 3.63) is 58.8 Å². The highest BCUT2D eigenvalue weighted by atomic mass is 32.1. The molecule has 0 radical (unpaired) electrons. The van der Waals surface area contributed by atoms with E-state index in [-0.39, 0.29) is 6.04 Å². The summed E-state index contributed by atoms with van der Waals surface area (Å²) in [6.45, 7) is 2.06. The van der Waals surface area contributed by atoms with Gasteiger partial charge in [-0.3, -0.25) is 0 Å². The minimum Gasteiger partial charge on any atom is -0.459 e. The van der Waals surface area contributed by atoms with Crippen molar-refractivity contribution in [1.82, 2.24) is 10.2 Å². The Hall–Kier alpha value is -1.98. The van der Waals surface area contributed by atoms with Gasteiger partial charge in [-0.15, -0.1) is 10.2 Å². The van der Waals surface area contributed by atoms with Crippen LogP contribution in [-0.4, -0.2) is 10.2 Å². The van der Waals surface area contributed by atoms with Crippen molar-refractivity contribution in [3.8, 4) is 10.8 Å². The second-order valence-electron chi connectivity index (χ2n) is 4.45. The van der Waals surface area contributed by atoms with E-state index in [0.29, 0.717) is 0 Å². The van der Waals surface area contributed by atoms with Crippen molar-refractivity contribution in [2.45, 2.75) is 19.4 Å². The van der Waals surface area contributed by atoms with E-state index in [1.807, 2.05) is 42.5 Å². The highest BCUT2D eigenvalue weighted by molar-refractivity contribution is 7.14. The number of aromatic nitrogens is 2. The molecule has 1 atom stereocenters. The number of nitrogens with two attached hydrogens (primary N) is 1. The first-order chi connectivity index (χ1) is 9.78. The largest absolute Gasteiger partial charge is 0.459 e. The van der Waals surface area contributed by atoms with Crippen molar-refractivity contribution < 1.29 is 4.42 Å². The molecule has 102 valence electrons. The number of furan rings is 1. The summed E-state index contributed by atoms with van der Waals surface area (Å²) in [6, 6.07) is 13.5. The van der Waals surface area contributed by atoms with Crippen LogP contribution in [0.4, 0.5) is 0 Å². The first kappa shape index (κ1) is 13.0. The standard InChI is InChI=1S/C15H15N3OS/c1-2-11-8-9-12(19-11)14-17-18-15(20-14)13(16)10-6-4-3-5-7-10/h3-9,13H,2,16H2,1H3. The predicted molar refractivity (Wildman–Crippen MR) is 79.5 cm³/mol. The Morgan fingerprint density at radius 1 is 1.15 bits per heavy atom. The molecule has 0 spiro atoms. The maximum Gasteiger partial charge on any atom is 0.183 e. The molecule has 20 heavy (non-hydrogen) atoms. The lowest BCUT2D eigenvalue weighted by Crippen LogP contribution is -2.11. The molecule has 0 saturated carbocycles. The first-order valence-corrected chi connectivity index (χ1v) is 7.32. The molecule has 1 unspecified atom stereocenters.